The molecule has 2 heterocycles. The fraction of sp³-hybridized carbons (Fsp3) is 0.214. The van der Waals surface area contributed by atoms with Crippen LogP contribution in [0.1, 0.15) is 23.5 Å². The van der Waals surface area contributed by atoms with Crippen LogP contribution in [0, 0.1) is 0 Å². The van der Waals surface area contributed by atoms with Crippen molar-refractivity contribution in [3.8, 4) is 0 Å². The lowest BCUT2D eigenvalue weighted by Gasteiger charge is -2.10. The standard InChI is InChI=1S/C14H14N2S2/c1-10(14-15-6-7-17-14)16-8-11-9-18-13-5-3-2-4-12(11)13/h2-7,9-10,16H,8H2,1H3. The fourth-order valence-corrected chi connectivity index (χ4v) is 3.60. The largest absolute Gasteiger partial charge is 0.304 e. The van der Waals surface area contributed by atoms with Crippen LogP contribution in [0.15, 0.2) is 41.2 Å². The SMILES string of the molecule is CC(NCc1csc2ccccc12)c1nccs1. The highest BCUT2D eigenvalue weighted by molar-refractivity contribution is 7.17. The lowest BCUT2D eigenvalue weighted by molar-refractivity contribution is 0.574. The molecule has 0 radical (unpaired) electrons. The average molecular weight is 274 g/mol. The van der Waals surface area contributed by atoms with Gasteiger partial charge in [-0.2, -0.15) is 0 Å². The Morgan fingerprint density at radius 2 is 2.17 bits per heavy atom. The van der Waals surface area contributed by atoms with Gasteiger partial charge in [0.15, 0.2) is 0 Å². The van der Waals surface area contributed by atoms with Gasteiger partial charge in [-0.1, -0.05) is 18.2 Å². The predicted molar refractivity (Wildman–Crippen MR) is 79.2 cm³/mol. The predicted octanol–water partition coefficient (Wildman–Crippen LogP) is 4.21. The molecule has 0 spiro atoms. The van der Waals surface area contributed by atoms with E-state index in [1.54, 1.807) is 11.3 Å². The summed E-state index contributed by atoms with van der Waals surface area (Å²) in [5.74, 6) is 0. The van der Waals surface area contributed by atoms with Crippen LogP contribution in [0.4, 0.5) is 0 Å². The van der Waals surface area contributed by atoms with Crippen molar-refractivity contribution in [2.45, 2.75) is 19.5 Å². The number of fused-ring (bicyclic) bond motifs is 1. The molecule has 2 nitrogen and oxygen atoms in total. The summed E-state index contributed by atoms with van der Waals surface area (Å²) >= 11 is 3.51. The van der Waals surface area contributed by atoms with Crippen molar-refractivity contribution in [1.82, 2.24) is 10.3 Å². The molecule has 0 aliphatic heterocycles. The second kappa shape index (κ2) is 5.18. The number of benzene rings is 1. The second-order valence-corrected chi connectivity index (χ2v) is 6.07. The number of aromatic nitrogens is 1. The molecule has 0 aliphatic carbocycles. The maximum Gasteiger partial charge on any atom is 0.109 e. The van der Waals surface area contributed by atoms with Gasteiger partial charge in [-0.25, -0.2) is 4.98 Å². The lowest BCUT2D eigenvalue weighted by atomic mass is 10.2. The number of thiophene rings is 1. The highest BCUT2D eigenvalue weighted by Gasteiger charge is 2.09. The van der Waals surface area contributed by atoms with Crippen LogP contribution >= 0.6 is 22.7 Å². The first kappa shape index (κ1) is 11.8. The van der Waals surface area contributed by atoms with Crippen molar-refractivity contribution in [1.29, 1.82) is 0 Å². The quantitative estimate of drug-likeness (QED) is 0.771. The third-order valence-electron chi connectivity index (χ3n) is 2.98. The van der Waals surface area contributed by atoms with Crippen LogP contribution in [0.25, 0.3) is 10.1 Å². The Hall–Kier alpha value is -1.23. The van der Waals surface area contributed by atoms with Crippen LogP contribution in [-0.2, 0) is 6.54 Å². The molecule has 0 saturated carbocycles. The normalized spacial score (nSPS) is 12.9. The molecule has 18 heavy (non-hydrogen) atoms. The van der Waals surface area contributed by atoms with Gasteiger partial charge in [0.2, 0.25) is 0 Å². The number of hydrogen-bond acceptors (Lipinski definition) is 4. The van der Waals surface area contributed by atoms with Crippen LogP contribution in [0.3, 0.4) is 0 Å². The van der Waals surface area contributed by atoms with E-state index in [4.69, 9.17) is 0 Å². The minimum absolute atomic E-state index is 0.309. The topological polar surface area (TPSA) is 24.9 Å². The van der Waals surface area contributed by atoms with Gasteiger partial charge in [0, 0.05) is 22.8 Å². The maximum atomic E-state index is 4.34. The van der Waals surface area contributed by atoms with Gasteiger partial charge in [0.25, 0.3) is 0 Å². The van der Waals surface area contributed by atoms with E-state index < -0.39 is 0 Å². The van der Waals surface area contributed by atoms with Crippen molar-refractivity contribution in [3.63, 3.8) is 0 Å². The van der Waals surface area contributed by atoms with E-state index in [9.17, 15) is 0 Å². The molecular weight excluding hydrogens is 260 g/mol. The molecular formula is C14H14N2S2. The van der Waals surface area contributed by atoms with E-state index in [1.165, 1.54) is 15.6 Å². The van der Waals surface area contributed by atoms with E-state index in [0.29, 0.717) is 6.04 Å². The smallest absolute Gasteiger partial charge is 0.109 e. The van der Waals surface area contributed by atoms with Gasteiger partial charge in [-0.05, 0) is 29.3 Å². The molecule has 3 aromatic rings. The molecule has 1 atom stereocenters. The number of rotatable bonds is 4. The molecule has 0 aliphatic rings. The number of nitrogens with one attached hydrogen (secondary N) is 1. The molecule has 1 aromatic carbocycles. The van der Waals surface area contributed by atoms with Gasteiger partial charge in [0.1, 0.15) is 5.01 Å². The summed E-state index contributed by atoms with van der Waals surface area (Å²) in [6.07, 6.45) is 1.86. The Balaban J connectivity index is 1.73. The number of hydrogen-bond donors (Lipinski definition) is 1. The Kier molecular flexibility index (Phi) is 3.41. The molecule has 2 aromatic heterocycles. The molecule has 4 heteroatoms. The highest BCUT2D eigenvalue weighted by atomic mass is 32.1. The monoisotopic (exact) mass is 274 g/mol. The summed E-state index contributed by atoms with van der Waals surface area (Å²) < 4.78 is 1.36. The van der Waals surface area contributed by atoms with E-state index in [0.717, 1.165) is 11.6 Å². The second-order valence-electron chi connectivity index (χ2n) is 4.23. The molecule has 92 valence electrons. The Bertz CT molecular complexity index is 628. The lowest BCUT2D eigenvalue weighted by Crippen LogP contribution is -2.17. The highest BCUT2D eigenvalue weighted by Crippen LogP contribution is 2.26. The van der Waals surface area contributed by atoms with Crippen molar-refractivity contribution >= 4 is 32.8 Å². The first-order valence-corrected chi connectivity index (χ1v) is 7.68. The summed E-state index contributed by atoms with van der Waals surface area (Å²) in [5, 5.41) is 10.3. The molecule has 0 saturated heterocycles. The van der Waals surface area contributed by atoms with Crippen LogP contribution in [0.2, 0.25) is 0 Å². The summed E-state index contributed by atoms with van der Waals surface area (Å²) in [6.45, 7) is 3.05. The van der Waals surface area contributed by atoms with E-state index in [1.807, 2.05) is 22.9 Å². The maximum absolute atomic E-state index is 4.34. The number of nitrogens with zero attached hydrogens (tertiary/aromatic N) is 1. The zero-order valence-electron chi connectivity index (χ0n) is 10.1. The molecule has 0 fully saturated rings. The summed E-state index contributed by atoms with van der Waals surface area (Å²) in [6, 6.07) is 8.87. The average Bonchev–Trinajstić information content (AvgIpc) is 3.06. The van der Waals surface area contributed by atoms with Crippen LogP contribution in [0.5, 0.6) is 0 Å². The van der Waals surface area contributed by atoms with E-state index >= 15 is 0 Å². The van der Waals surface area contributed by atoms with Gasteiger partial charge >= 0.3 is 0 Å². The molecule has 1 unspecified atom stereocenters. The summed E-state index contributed by atoms with van der Waals surface area (Å²) in [4.78, 5) is 4.34. The van der Waals surface area contributed by atoms with Crippen molar-refractivity contribution in [3.05, 3.63) is 51.8 Å². The summed E-state index contributed by atoms with van der Waals surface area (Å²) in [5.41, 5.74) is 1.37. The molecule has 0 amide bonds. The Labute approximate surface area is 114 Å². The molecule has 0 bridgehead atoms. The van der Waals surface area contributed by atoms with Crippen LogP contribution in [-0.4, -0.2) is 4.98 Å². The third kappa shape index (κ3) is 2.32. The van der Waals surface area contributed by atoms with E-state index in [2.05, 4.69) is 46.9 Å². The minimum Gasteiger partial charge on any atom is -0.304 e. The van der Waals surface area contributed by atoms with Gasteiger partial charge in [0.05, 0.1) is 6.04 Å². The zero-order chi connectivity index (χ0) is 12.4. The number of thiazole rings is 1. The van der Waals surface area contributed by atoms with Crippen molar-refractivity contribution < 1.29 is 0 Å². The summed E-state index contributed by atoms with van der Waals surface area (Å²) in [7, 11) is 0. The zero-order valence-corrected chi connectivity index (χ0v) is 11.7. The minimum atomic E-state index is 0.309. The van der Waals surface area contributed by atoms with Gasteiger partial charge < -0.3 is 5.32 Å². The van der Waals surface area contributed by atoms with Crippen molar-refractivity contribution in [2.24, 2.45) is 0 Å². The van der Waals surface area contributed by atoms with E-state index in [-0.39, 0.29) is 0 Å². The Morgan fingerprint density at radius 3 is 3.00 bits per heavy atom. The van der Waals surface area contributed by atoms with Crippen molar-refractivity contribution in [2.75, 3.05) is 0 Å². The Morgan fingerprint density at radius 1 is 1.28 bits per heavy atom. The van der Waals surface area contributed by atoms with Gasteiger partial charge in [-0.15, -0.1) is 22.7 Å². The molecule has 3 rings (SSSR count). The van der Waals surface area contributed by atoms with Gasteiger partial charge in [-0.3, -0.25) is 0 Å². The molecule has 1 N–H and O–H groups in total. The fourth-order valence-electron chi connectivity index (χ4n) is 1.97. The van der Waals surface area contributed by atoms with Crippen LogP contribution < -0.4 is 5.32 Å². The first-order chi connectivity index (χ1) is 8.84. The third-order valence-corrected chi connectivity index (χ3v) is 4.95. The first-order valence-electron chi connectivity index (χ1n) is 5.92.